The number of benzene rings is 2. The third kappa shape index (κ3) is 4.97. The van der Waals surface area contributed by atoms with Gasteiger partial charge in [0.2, 0.25) is 0 Å². The summed E-state index contributed by atoms with van der Waals surface area (Å²) in [6, 6.07) is 25.8. The lowest BCUT2D eigenvalue weighted by molar-refractivity contribution is 0.0742. The first kappa shape index (κ1) is 20.7. The zero-order valence-electron chi connectivity index (χ0n) is 17.9. The monoisotopic (exact) mass is 409 g/mol. The Morgan fingerprint density at radius 1 is 0.903 bits per heavy atom. The van der Waals surface area contributed by atoms with E-state index in [1.165, 1.54) is 0 Å². The zero-order valence-corrected chi connectivity index (χ0v) is 17.9. The smallest absolute Gasteiger partial charge is 0.254 e. The maximum Gasteiger partial charge on any atom is 0.254 e. The van der Waals surface area contributed by atoms with E-state index >= 15 is 0 Å². The molecule has 0 radical (unpaired) electrons. The van der Waals surface area contributed by atoms with Gasteiger partial charge in [0.25, 0.3) is 5.91 Å². The van der Waals surface area contributed by atoms with Crippen molar-refractivity contribution in [2.45, 2.75) is 32.7 Å². The largest absolute Gasteiger partial charge is 0.334 e. The molecule has 0 atom stereocenters. The van der Waals surface area contributed by atoms with Gasteiger partial charge in [0, 0.05) is 30.2 Å². The summed E-state index contributed by atoms with van der Waals surface area (Å²) in [4.78, 5) is 24.9. The number of pyridine rings is 2. The van der Waals surface area contributed by atoms with Crippen LogP contribution in [-0.4, -0.2) is 27.3 Å². The van der Waals surface area contributed by atoms with Gasteiger partial charge in [-0.25, -0.2) is 9.97 Å². The highest BCUT2D eigenvalue weighted by atomic mass is 16.2. The number of hydrogen-bond donors (Lipinski definition) is 0. The van der Waals surface area contributed by atoms with Crippen molar-refractivity contribution in [3.05, 3.63) is 96.2 Å². The fraction of sp³-hybridized carbons (Fsp3) is 0.222. The number of aromatic nitrogens is 2. The highest BCUT2D eigenvalue weighted by Crippen LogP contribution is 2.25. The molecule has 0 aliphatic rings. The van der Waals surface area contributed by atoms with Gasteiger partial charge in [-0.15, -0.1) is 0 Å². The van der Waals surface area contributed by atoms with Crippen molar-refractivity contribution < 1.29 is 4.79 Å². The molecule has 0 bridgehead atoms. The van der Waals surface area contributed by atoms with E-state index in [0.29, 0.717) is 17.8 Å². The van der Waals surface area contributed by atoms with E-state index in [4.69, 9.17) is 4.98 Å². The van der Waals surface area contributed by atoms with Gasteiger partial charge in [-0.1, -0.05) is 80.4 Å². The molecule has 0 spiro atoms. The molecule has 1 amide bonds. The molecular weight excluding hydrogens is 382 g/mol. The Balaban J connectivity index is 1.75. The van der Waals surface area contributed by atoms with Gasteiger partial charge in [0.1, 0.15) is 0 Å². The van der Waals surface area contributed by atoms with E-state index in [1.54, 1.807) is 6.20 Å². The number of carbonyl (C=O) groups excluding carboxylic acids is 1. The Morgan fingerprint density at radius 2 is 1.65 bits per heavy atom. The average molecular weight is 410 g/mol. The predicted octanol–water partition coefficient (Wildman–Crippen LogP) is 6.13. The number of fused-ring (bicyclic) bond motifs is 1. The summed E-state index contributed by atoms with van der Waals surface area (Å²) in [5.74, 6) is 0.0255. The summed E-state index contributed by atoms with van der Waals surface area (Å²) < 4.78 is 0. The minimum atomic E-state index is 0.0255. The van der Waals surface area contributed by atoms with Gasteiger partial charge < -0.3 is 4.90 Å². The van der Waals surface area contributed by atoms with Gasteiger partial charge in [0.15, 0.2) is 5.65 Å². The number of amides is 1. The molecule has 4 nitrogen and oxygen atoms in total. The quantitative estimate of drug-likeness (QED) is 0.329. The molecule has 2 heterocycles. The lowest BCUT2D eigenvalue weighted by Crippen LogP contribution is -2.32. The fourth-order valence-electron chi connectivity index (χ4n) is 3.77. The van der Waals surface area contributed by atoms with Crippen LogP contribution in [0.2, 0.25) is 0 Å². The molecule has 4 rings (SSSR count). The van der Waals surface area contributed by atoms with Crippen molar-refractivity contribution >= 4 is 16.9 Å². The minimum absolute atomic E-state index is 0.0255. The highest BCUT2D eigenvalue weighted by molar-refractivity contribution is 6.06. The van der Waals surface area contributed by atoms with Gasteiger partial charge in [-0.05, 0) is 30.2 Å². The standard InChI is InChI=1S/C27H27N3O/c1-2-3-10-18-30(20-21-12-6-4-7-13-21)27(31)24-19-25(22-14-8-5-9-15-22)29-26-23(24)16-11-17-28-26/h4-9,11-17,19H,2-3,10,18,20H2,1H3. The van der Waals surface area contributed by atoms with Gasteiger partial charge >= 0.3 is 0 Å². The lowest BCUT2D eigenvalue weighted by atomic mass is 10.0. The van der Waals surface area contributed by atoms with Crippen molar-refractivity contribution in [3.63, 3.8) is 0 Å². The molecular formula is C27H27N3O. The summed E-state index contributed by atoms with van der Waals surface area (Å²) in [5.41, 5.74) is 4.13. The molecule has 2 aromatic heterocycles. The van der Waals surface area contributed by atoms with Gasteiger partial charge in [0.05, 0.1) is 11.3 Å². The summed E-state index contributed by atoms with van der Waals surface area (Å²) in [6.45, 7) is 3.50. The maximum atomic E-state index is 13.8. The molecule has 0 aliphatic carbocycles. The van der Waals surface area contributed by atoms with Crippen LogP contribution in [0.1, 0.15) is 42.1 Å². The number of carbonyl (C=O) groups is 1. The van der Waals surface area contributed by atoms with Crippen LogP contribution >= 0.6 is 0 Å². The Kier molecular flexibility index (Phi) is 6.68. The van der Waals surface area contributed by atoms with Crippen LogP contribution in [0.25, 0.3) is 22.3 Å². The van der Waals surface area contributed by atoms with Crippen LogP contribution in [0.5, 0.6) is 0 Å². The number of rotatable bonds is 8. The molecule has 4 aromatic rings. The van der Waals surface area contributed by atoms with E-state index < -0.39 is 0 Å². The topological polar surface area (TPSA) is 46.1 Å². The first-order chi connectivity index (χ1) is 15.3. The second kappa shape index (κ2) is 9.98. The van der Waals surface area contributed by atoms with Crippen molar-refractivity contribution in [2.24, 2.45) is 0 Å². The van der Waals surface area contributed by atoms with Crippen molar-refractivity contribution in [2.75, 3.05) is 6.54 Å². The van der Waals surface area contributed by atoms with Crippen molar-refractivity contribution in [1.82, 2.24) is 14.9 Å². The van der Waals surface area contributed by atoms with Crippen molar-refractivity contribution in [1.29, 1.82) is 0 Å². The van der Waals surface area contributed by atoms with Crippen LogP contribution in [0.3, 0.4) is 0 Å². The zero-order chi connectivity index (χ0) is 21.5. The van der Waals surface area contributed by atoms with E-state index in [1.807, 2.05) is 71.6 Å². The fourth-order valence-corrected chi connectivity index (χ4v) is 3.77. The molecule has 0 saturated carbocycles. The normalized spacial score (nSPS) is 10.9. The highest BCUT2D eigenvalue weighted by Gasteiger charge is 2.20. The minimum Gasteiger partial charge on any atom is -0.334 e. The van der Waals surface area contributed by atoms with E-state index in [2.05, 4.69) is 24.0 Å². The summed E-state index contributed by atoms with van der Waals surface area (Å²) >= 11 is 0. The van der Waals surface area contributed by atoms with Crippen LogP contribution in [0.15, 0.2) is 85.1 Å². The second-order valence-electron chi connectivity index (χ2n) is 7.72. The summed E-state index contributed by atoms with van der Waals surface area (Å²) in [5, 5.41) is 0.792. The van der Waals surface area contributed by atoms with Crippen molar-refractivity contribution in [3.8, 4) is 11.3 Å². The molecule has 0 aliphatic heterocycles. The third-order valence-corrected chi connectivity index (χ3v) is 5.42. The molecule has 2 aromatic carbocycles. The molecule has 4 heteroatoms. The van der Waals surface area contributed by atoms with Crippen LogP contribution in [0, 0.1) is 0 Å². The second-order valence-corrected chi connectivity index (χ2v) is 7.72. The summed E-state index contributed by atoms with van der Waals surface area (Å²) in [7, 11) is 0. The maximum absolute atomic E-state index is 13.8. The number of nitrogens with zero attached hydrogens (tertiary/aromatic N) is 3. The van der Waals surface area contributed by atoms with E-state index in [-0.39, 0.29) is 5.91 Å². The van der Waals surface area contributed by atoms with Gasteiger partial charge in [-0.2, -0.15) is 0 Å². The summed E-state index contributed by atoms with van der Waals surface area (Å²) in [6.07, 6.45) is 4.93. The Hall–Kier alpha value is -3.53. The van der Waals surface area contributed by atoms with Crippen LogP contribution in [0.4, 0.5) is 0 Å². The lowest BCUT2D eigenvalue weighted by Gasteiger charge is -2.24. The molecule has 0 fully saturated rings. The first-order valence-corrected chi connectivity index (χ1v) is 10.9. The molecule has 0 saturated heterocycles. The average Bonchev–Trinajstić information content (AvgIpc) is 2.83. The molecule has 31 heavy (non-hydrogen) atoms. The third-order valence-electron chi connectivity index (χ3n) is 5.42. The van der Waals surface area contributed by atoms with E-state index in [0.717, 1.165) is 48.0 Å². The van der Waals surface area contributed by atoms with Crippen LogP contribution in [-0.2, 0) is 6.54 Å². The first-order valence-electron chi connectivity index (χ1n) is 10.9. The molecule has 0 N–H and O–H groups in total. The Labute approximate surface area is 183 Å². The SMILES string of the molecule is CCCCCN(Cc1ccccc1)C(=O)c1cc(-c2ccccc2)nc2ncccc12. The van der Waals surface area contributed by atoms with E-state index in [9.17, 15) is 4.79 Å². The predicted molar refractivity (Wildman–Crippen MR) is 126 cm³/mol. The Bertz CT molecular complexity index is 1140. The van der Waals surface area contributed by atoms with Crippen LogP contribution < -0.4 is 0 Å². The number of unbranched alkanes of at least 4 members (excludes halogenated alkanes) is 2. The molecule has 156 valence electrons. The number of hydrogen-bond acceptors (Lipinski definition) is 3. The Morgan fingerprint density at radius 3 is 2.39 bits per heavy atom. The van der Waals surface area contributed by atoms with Gasteiger partial charge in [-0.3, -0.25) is 4.79 Å². The molecule has 0 unspecified atom stereocenters.